The summed E-state index contributed by atoms with van der Waals surface area (Å²) in [6.45, 7) is 4.59. The van der Waals surface area contributed by atoms with E-state index in [0.29, 0.717) is 26.3 Å². The van der Waals surface area contributed by atoms with Gasteiger partial charge in [-0.05, 0) is 26.7 Å². The third-order valence-electron chi connectivity index (χ3n) is 4.87. The molecule has 0 aliphatic carbocycles. The first-order valence-electron chi connectivity index (χ1n) is 7.40. The Morgan fingerprint density at radius 1 is 1.09 bits per heavy atom. The summed E-state index contributed by atoms with van der Waals surface area (Å²) >= 11 is 0. The van der Waals surface area contributed by atoms with Crippen molar-refractivity contribution in [1.82, 2.24) is 8.61 Å². The molecular weight excluding hydrogens is 312 g/mol. The van der Waals surface area contributed by atoms with Crippen LogP contribution in [0.3, 0.4) is 0 Å². The van der Waals surface area contributed by atoms with Crippen LogP contribution in [0, 0.1) is 5.41 Å². The summed E-state index contributed by atoms with van der Waals surface area (Å²) in [6.07, 6.45) is 0.214. The predicted octanol–water partition coefficient (Wildman–Crippen LogP) is -0.499. The highest BCUT2D eigenvalue weighted by Crippen LogP contribution is 2.40. The molecule has 2 N–H and O–H groups in total. The second kappa shape index (κ2) is 6.04. The lowest BCUT2D eigenvalue weighted by molar-refractivity contribution is -0.169. The largest absolute Gasteiger partial charge is 0.481 e. The summed E-state index contributed by atoms with van der Waals surface area (Å²) in [4.78, 5) is 11.3. The van der Waals surface area contributed by atoms with Crippen molar-refractivity contribution in [3.05, 3.63) is 0 Å². The van der Waals surface area contributed by atoms with Crippen LogP contribution < -0.4 is 0 Å². The van der Waals surface area contributed by atoms with E-state index in [9.17, 15) is 23.4 Å². The van der Waals surface area contributed by atoms with Crippen LogP contribution in [0.5, 0.6) is 0 Å². The van der Waals surface area contributed by atoms with Gasteiger partial charge in [0, 0.05) is 26.2 Å². The lowest BCUT2D eigenvalue weighted by atomic mass is 9.70. The summed E-state index contributed by atoms with van der Waals surface area (Å²) in [5.41, 5.74) is -2.72. The van der Waals surface area contributed by atoms with Crippen molar-refractivity contribution in [3.8, 4) is 0 Å². The molecule has 0 bridgehead atoms. The van der Waals surface area contributed by atoms with E-state index in [1.54, 1.807) is 0 Å². The van der Waals surface area contributed by atoms with Crippen LogP contribution in [-0.2, 0) is 19.7 Å². The summed E-state index contributed by atoms with van der Waals surface area (Å²) < 4.78 is 32.9. The highest BCUT2D eigenvalue weighted by atomic mass is 32.2. The Kier molecular flexibility index (Phi) is 4.84. The van der Waals surface area contributed by atoms with E-state index in [2.05, 4.69) is 0 Å². The molecule has 2 rings (SSSR count). The van der Waals surface area contributed by atoms with Crippen molar-refractivity contribution in [1.29, 1.82) is 0 Å². The molecule has 8 nitrogen and oxygen atoms in total. The van der Waals surface area contributed by atoms with Gasteiger partial charge in [-0.15, -0.1) is 0 Å². The number of aliphatic hydroxyl groups is 1. The Morgan fingerprint density at radius 2 is 1.55 bits per heavy atom. The number of carbonyl (C=O) groups is 1. The highest BCUT2D eigenvalue weighted by molar-refractivity contribution is 7.86. The van der Waals surface area contributed by atoms with Gasteiger partial charge in [0.2, 0.25) is 0 Å². The number of aliphatic carboxylic acids is 1. The van der Waals surface area contributed by atoms with Gasteiger partial charge in [-0.25, -0.2) is 0 Å². The van der Waals surface area contributed by atoms with Crippen molar-refractivity contribution < 1.29 is 28.2 Å². The van der Waals surface area contributed by atoms with Crippen molar-refractivity contribution in [2.24, 2.45) is 5.41 Å². The third kappa shape index (κ3) is 3.00. The van der Waals surface area contributed by atoms with Gasteiger partial charge in [0.1, 0.15) is 0 Å². The fraction of sp³-hybridized carbons (Fsp3) is 0.923. The maximum atomic E-state index is 12.5. The van der Waals surface area contributed by atoms with E-state index in [1.807, 2.05) is 0 Å². The van der Waals surface area contributed by atoms with E-state index in [1.165, 1.54) is 22.5 Å². The molecule has 2 heterocycles. The normalized spacial score (nSPS) is 25.0. The molecule has 0 aromatic rings. The van der Waals surface area contributed by atoms with E-state index in [0.717, 1.165) is 0 Å². The quantitative estimate of drug-likeness (QED) is 0.717. The fourth-order valence-electron chi connectivity index (χ4n) is 2.85. The van der Waals surface area contributed by atoms with Crippen LogP contribution in [0.1, 0.15) is 26.7 Å². The first-order chi connectivity index (χ1) is 10.1. The standard InChI is InChI=1S/C13H24N2O6S/c1-12(2,11(16)17)13(18)3-5-14(6-4-13)22(19,20)15-7-9-21-10-8-15/h18H,3-10H2,1-2H3,(H,16,17). The number of carboxylic acids is 1. The lowest BCUT2D eigenvalue weighted by Gasteiger charge is -2.45. The zero-order valence-corrected chi connectivity index (χ0v) is 13.8. The number of morpholine rings is 1. The second-order valence-electron chi connectivity index (χ2n) is 6.38. The molecule has 0 atom stereocenters. The van der Waals surface area contributed by atoms with E-state index < -0.39 is 27.2 Å². The SMILES string of the molecule is CC(C)(C(=O)O)C1(O)CCN(S(=O)(=O)N2CCOCC2)CC1. The molecule has 0 radical (unpaired) electrons. The van der Waals surface area contributed by atoms with Crippen LogP contribution in [0.2, 0.25) is 0 Å². The number of piperidine rings is 1. The third-order valence-corrected chi connectivity index (χ3v) is 6.91. The molecule has 0 unspecified atom stereocenters. The van der Waals surface area contributed by atoms with Crippen molar-refractivity contribution in [2.45, 2.75) is 32.3 Å². The van der Waals surface area contributed by atoms with E-state index >= 15 is 0 Å². The summed E-state index contributed by atoms with van der Waals surface area (Å²) in [5.74, 6) is -1.08. The number of rotatable bonds is 4. The van der Waals surface area contributed by atoms with Crippen LogP contribution in [0.15, 0.2) is 0 Å². The molecule has 2 saturated heterocycles. The minimum Gasteiger partial charge on any atom is -0.481 e. The van der Waals surface area contributed by atoms with Crippen LogP contribution in [-0.4, -0.2) is 78.2 Å². The van der Waals surface area contributed by atoms with Gasteiger partial charge < -0.3 is 14.9 Å². The number of nitrogens with zero attached hydrogens (tertiary/aromatic N) is 2. The van der Waals surface area contributed by atoms with Crippen LogP contribution in [0.25, 0.3) is 0 Å². The van der Waals surface area contributed by atoms with Gasteiger partial charge in [-0.1, -0.05) is 0 Å². The maximum absolute atomic E-state index is 12.5. The number of hydrogen-bond donors (Lipinski definition) is 2. The summed E-state index contributed by atoms with van der Waals surface area (Å²) in [6, 6.07) is 0. The molecule has 2 aliphatic heterocycles. The average Bonchev–Trinajstić information content (AvgIpc) is 2.48. The highest BCUT2D eigenvalue weighted by Gasteiger charge is 2.51. The molecule has 0 amide bonds. The number of carboxylic acid groups (broad SMARTS) is 1. The monoisotopic (exact) mass is 336 g/mol. The molecule has 2 fully saturated rings. The van der Waals surface area contributed by atoms with Crippen LogP contribution >= 0.6 is 0 Å². The molecule has 128 valence electrons. The lowest BCUT2D eigenvalue weighted by Crippen LogP contribution is -2.58. The molecular formula is C13H24N2O6S. The molecule has 2 aliphatic rings. The van der Waals surface area contributed by atoms with E-state index in [-0.39, 0.29) is 25.9 Å². The first-order valence-corrected chi connectivity index (χ1v) is 8.80. The van der Waals surface area contributed by atoms with Gasteiger partial charge >= 0.3 is 5.97 Å². The first kappa shape index (κ1) is 17.6. The van der Waals surface area contributed by atoms with Gasteiger partial charge in [-0.3, -0.25) is 4.79 Å². The minimum absolute atomic E-state index is 0.107. The predicted molar refractivity (Wildman–Crippen MR) is 78.5 cm³/mol. The smallest absolute Gasteiger partial charge is 0.312 e. The van der Waals surface area contributed by atoms with Gasteiger partial charge in [0.15, 0.2) is 0 Å². The number of ether oxygens (including phenoxy) is 1. The zero-order chi connectivity index (χ0) is 16.6. The number of hydrogen-bond acceptors (Lipinski definition) is 5. The molecule has 22 heavy (non-hydrogen) atoms. The maximum Gasteiger partial charge on any atom is 0.312 e. The van der Waals surface area contributed by atoms with E-state index in [4.69, 9.17) is 4.74 Å². The second-order valence-corrected chi connectivity index (χ2v) is 8.31. The molecule has 0 aromatic heterocycles. The minimum atomic E-state index is -3.57. The topological polar surface area (TPSA) is 107 Å². The molecule has 0 saturated carbocycles. The molecule has 0 aromatic carbocycles. The van der Waals surface area contributed by atoms with Crippen molar-refractivity contribution in [2.75, 3.05) is 39.4 Å². The van der Waals surface area contributed by atoms with Crippen molar-refractivity contribution >= 4 is 16.2 Å². The average molecular weight is 336 g/mol. The Bertz CT molecular complexity index is 519. The molecule has 0 spiro atoms. The zero-order valence-electron chi connectivity index (χ0n) is 13.0. The Hall–Kier alpha value is -0.740. The van der Waals surface area contributed by atoms with Gasteiger partial charge in [-0.2, -0.15) is 17.0 Å². The Labute approximate surface area is 130 Å². The van der Waals surface area contributed by atoms with Gasteiger partial charge in [0.05, 0.1) is 24.2 Å². The molecule has 9 heteroatoms. The Balaban J connectivity index is 2.07. The van der Waals surface area contributed by atoms with Crippen molar-refractivity contribution in [3.63, 3.8) is 0 Å². The fourth-order valence-corrected chi connectivity index (χ4v) is 4.43. The Morgan fingerprint density at radius 3 is 2.00 bits per heavy atom. The van der Waals surface area contributed by atoms with Gasteiger partial charge in [0.25, 0.3) is 10.2 Å². The summed E-state index contributed by atoms with van der Waals surface area (Å²) in [7, 11) is -3.57. The summed E-state index contributed by atoms with van der Waals surface area (Å²) in [5, 5.41) is 19.9. The van der Waals surface area contributed by atoms with Crippen LogP contribution in [0.4, 0.5) is 0 Å².